The number of rotatable bonds is 4. The number of pyridine rings is 2. The quantitative estimate of drug-likeness (QED) is 0.525. The molecule has 2 heterocycles. The van der Waals surface area contributed by atoms with E-state index in [-0.39, 0.29) is 6.04 Å². The average Bonchev–Trinajstić information content (AvgIpc) is 2.72. The highest BCUT2D eigenvalue weighted by Crippen LogP contribution is 2.32. The fraction of sp³-hybridized carbons (Fsp3) is 0.0455. The number of anilines is 1. The Balaban J connectivity index is 1.88. The Morgan fingerprint density at radius 1 is 0.963 bits per heavy atom. The molecular formula is C22H15ClN4. The summed E-state index contributed by atoms with van der Waals surface area (Å²) in [6.07, 6.45) is 3.35. The van der Waals surface area contributed by atoms with Crippen molar-refractivity contribution < 1.29 is 0 Å². The number of fused-ring (bicyclic) bond motifs is 1. The zero-order valence-corrected chi connectivity index (χ0v) is 15.1. The summed E-state index contributed by atoms with van der Waals surface area (Å²) in [5, 5.41) is 14.7. The van der Waals surface area contributed by atoms with Crippen molar-refractivity contribution in [2.24, 2.45) is 0 Å². The van der Waals surface area contributed by atoms with Crippen LogP contribution < -0.4 is 5.32 Å². The van der Waals surface area contributed by atoms with Crippen molar-refractivity contribution in [3.05, 3.63) is 101 Å². The third-order valence-electron chi connectivity index (χ3n) is 4.35. The highest BCUT2D eigenvalue weighted by molar-refractivity contribution is 6.30. The Labute approximate surface area is 162 Å². The summed E-state index contributed by atoms with van der Waals surface area (Å²) in [6, 6.07) is 23.1. The van der Waals surface area contributed by atoms with Crippen LogP contribution >= 0.6 is 11.6 Å². The van der Waals surface area contributed by atoms with E-state index in [1.165, 1.54) is 0 Å². The molecule has 0 aliphatic rings. The molecule has 4 rings (SSSR count). The van der Waals surface area contributed by atoms with E-state index >= 15 is 0 Å². The standard InChI is InChI=1S/C22H15ClN4/c23-17-7-5-6-15(12-17)22(20-10-3-4-11-25-20)27-21-16(13-24)14-26-19-9-2-1-8-18(19)21/h1-12,14,22H,(H,26,27). The van der Waals surface area contributed by atoms with Gasteiger partial charge in [0.25, 0.3) is 0 Å². The van der Waals surface area contributed by atoms with Gasteiger partial charge in [0.05, 0.1) is 28.5 Å². The first-order chi connectivity index (χ1) is 13.3. The van der Waals surface area contributed by atoms with Crippen LogP contribution in [0.4, 0.5) is 5.69 Å². The molecule has 27 heavy (non-hydrogen) atoms. The monoisotopic (exact) mass is 370 g/mol. The molecule has 4 aromatic rings. The van der Waals surface area contributed by atoms with Gasteiger partial charge >= 0.3 is 0 Å². The van der Waals surface area contributed by atoms with Gasteiger partial charge in [-0.05, 0) is 35.9 Å². The van der Waals surface area contributed by atoms with Crippen LogP contribution in [-0.4, -0.2) is 9.97 Å². The molecule has 5 heteroatoms. The molecule has 1 atom stereocenters. The molecule has 1 unspecified atom stereocenters. The van der Waals surface area contributed by atoms with Crippen molar-refractivity contribution in [1.82, 2.24) is 9.97 Å². The molecule has 2 aromatic carbocycles. The van der Waals surface area contributed by atoms with Gasteiger partial charge < -0.3 is 5.32 Å². The highest BCUT2D eigenvalue weighted by Gasteiger charge is 2.19. The normalized spacial score (nSPS) is 11.7. The Bertz CT molecular complexity index is 1140. The summed E-state index contributed by atoms with van der Waals surface area (Å²) in [5.41, 5.74) is 3.84. The molecule has 4 nitrogen and oxygen atoms in total. The van der Waals surface area contributed by atoms with Crippen molar-refractivity contribution in [2.75, 3.05) is 5.32 Å². The molecule has 0 spiro atoms. The number of para-hydroxylation sites is 1. The predicted octanol–water partition coefficient (Wildman–Crippen LogP) is 5.36. The number of aromatic nitrogens is 2. The topological polar surface area (TPSA) is 61.6 Å². The molecule has 0 aliphatic carbocycles. The number of nitrogens with zero attached hydrogens (tertiary/aromatic N) is 3. The van der Waals surface area contributed by atoms with Gasteiger partial charge in [-0.15, -0.1) is 0 Å². The predicted molar refractivity (Wildman–Crippen MR) is 108 cm³/mol. The van der Waals surface area contributed by atoms with Gasteiger partial charge in [-0.3, -0.25) is 9.97 Å². The van der Waals surface area contributed by atoms with Crippen LogP contribution in [-0.2, 0) is 0 Å². The van der Waals surface area contributed by atoms with Crippen LogP contribution in [0.15, 0.2) is 79.1 Å². The second-order valence-corrected chi connectivity index (χ2v) is 6.50. The Kier molecular flexibility index (Phi) is 4.69. The Morgan fingerprint density at radius 2 is 1.81 bits per heavy atom. The van der Waals surface area contributed by atoms with Crippen LogP contribution in [0.5, 0.6) is 0 Å². The first kappa shape index (κ1) is 17.0. The third-order valence-corrected chi connectivity index (χ3v) is 4.59. The maximum Gasteiger partial charge on any atom is 0.103 e. The van der Waals surface area contributed by atoms with Crippen LogP contribution in [0, 0.1) is 11.3 Å². The van der Waals surface area contributed by atoms with E-state index in [0.29, 0.717) is 10.6 Å². The van der Waals surface area contributed by atoms with Gasteiger partial charge in [0, 0.05) is 22.8 Å². The lowest BCUT2D eigenvalue weighted by atomic mass is 10.0. The van der Waals surface area contributed by atoms with E-state index in [2.05, 4.69) is 21.4 Å². The summed E-state index contributed by atoms with van der Waals surface area (Å²) in [5.74, 6) is 0. The largest absolute Gasteiger partial charge is 0.371 e. The van der Waals surface area contributed by atoms with Gasteiger partial charge in [-0.1, -0.05) is 48.0 Å². The van der Waals surface area contributed by atoms with Crippen LogP contribution in [0.25, 0.3) is 10.9 Å². The molecule has 0 saturated carbocycles. The van der Waals surface area contributed by atoms with Crippen molar-refractivity contribution in [3.63, 3.8) is 0 Å². The molecule has 0 bridgehead atoms. The second kappa shape index (κ2) is 7.45. The molecule has 0 fully saturated rings. The minimum absolute atomic E-state index is 0.261. The lowest BCUT2D eigenvalue weighted by molar-refractivity contribution is 0.887. The number of benzene rings is 2. The van der Waals surface area contributed by atoms with Crippen molar-refractivity contribution in [2.45, 2.75) is 6.04 Å². The SMILES string of the molecule is N#Cc1cnc2ccccc2c1NC(c1cccc(Cl)c1)c1ccccn1. The number of nitrogens with one attached hydrogen (secondary N) is 1. The van der Waals surface area contributed by atoms with Gasteiger partial charge in [0.2, 0.25) is 0 Å². The van der Waals surface area contributed by atoms with Crippen molar-refractivity contribution in [1.29, 1.82) is 5.26 Å². The molecule has 130 valence electrons. The van der Waals surface area contributed by atoms with E-state index in [1.807, 2.05) is 66.7 Å². The smallest absolute Gasteiger partial charge is 0.103 e. The maximum atomic E-state index is 9.61. The zero-order chi connectivity index (χ0) is 18.6. The molecule has 2 aromatic heterocycles. The molecule has 0 aliphatic heterocycles. The Hall–Kier alpha value is -3.42. The summed E-state index contributed by atoms with van der Waals surface area (Å²) in [4.78, 5) is 8.89. The highest BCUT2D eigenvalue weighted by atomic mass is 35.5. The summed E-state index contributed by atoms with van der Waals surface area (Å²) in [7, 11) is 0. The minimum atomic E-state index is -0.261. The van der Waals surface area contributed by atoms with E-state index in [1.54, 1.807) is 12.4 Å². The number of hydrogen-bond acceptors (Lipinski definition) is 4. The molecule has 1 N–H and O–H groups in total. The van der Waals surface area contributed by atoms with E-state index in [0.717, 1.165) is 27.8 Å². The summed E-state index contributed by atoms with van der Waals surface area (Å²) < 4.78 is 0. The average molecular weight is 371 g/mol. The van der Waals surface area contributed by atoms with Gasteiger partial charge in [-0.25, -0.2) is 0 Å². The van der Waals surface area contributed by atoms with Gasteiger partial charge in [0.1, 0.15) is 6.07 Å². The van der Waals surface area contributed by atoms with Crippen LogP contribution in [0.2, 0.25) is 5.02 Å². The number of hydrogen-bond donors (Lipinski definition) is 1. The Morgan fingerprint density at radius 3 is 2.59 bits per heavy atom. The molecule has 0 saturated heterocycles. The number of nitriles is 1. The fourth-order valence-corrected chi connectivity index (χ4v) is 3.29. The second-order valence-electron chi connectivity index (χ2n) is 6.06. The maximum absolute atomic E-state index is 9.61. The van der Waals surface area contributed by atoms with Gasteiger partial charge in [-0.2, -0.15) is 5.26 Å². The van der Waals surface area contributed by atoms with Crippen LogP contribution in [0.1, 0.15) is 22.9 Å². The molecule has 0 amide bonds. The van der Waals surface area contributed by atoms with E-state index in [9.17, 15) is 5.26 Å². The number of halogens is 1. The van der Waals surface area contributed by atoms with Crippen molar-refractivity contribution >= 4 is 28.2 Å². The van der Waals surface area contributed by atoms with E-state index in [4.69, 9.17) is 11.6 Å². The summed E-state index contributed by atoms with van der Waals surface area (Å²) in [6.45, 7) is 0. The van der Waals surface area contributed by atoms with E-state index < -0.39 is 0 Å². The van der Waals surface area contributed by atoms with Gasteiger partial charge in [0.15, 0.2) is 0 Å². The van der Waals surface area contributed by atoms with Crippen molar-refractivity contribution in [3.8, 4) is 6.07 Å². The fourth-order valence-electron chi connectivity index (χ4n) is 3.09. The first-order valence-corrected chi connectivity index (χ1v) is 8.85. The molecular weight excluding hydrogens is 356 g/mol. The van der Waals surface area contributed by atoms with Crippen LogP contribution in [0.3, 0.4) is 0 Å². The minimum Gasteiger partial charge on any atom is -0.371 e. The zero-order valence-electron chi connectivity index (χ0n) is 14.3. The lowest BCUT2D eigenvalue weighted by Crippen LogP contribution is -2.15. The third kappa shape index (κ3) is 3.46. The molecule has 0 radical (unpaired) electrons. The first-order valence-electron chi connectivity index (χ1n) is 8.47. The summed E-state index contributed by atoms with van der Waals surface area (Å²) >= 11 is 6.22. The lowest BCUT2D eigenvalue weighted by Gasteiger charge is -2.22.